The summed E-state index contributed by atoms with van der Waals surface area (Å²) in [6.45, 7) is 0. The number of anilines is 3. The van der Waals surface area contributed by atoms with Crippen molar-refractivity contribution in [3.05, 3.63) is 59.1 Å². The molecule has 0 spiro atoms. The third-order valence-corrected chi connectivity index (χ3v) is 4.10. The highest BCUT2D eigenvalue weighted by atomic mass is 35.5. The number of fused-ring (bicyclic) bond motifs is 1. The van der Waals surface area contributed by atoms with Crippen molar-refractivity contribution < 1.29 is 8.78 Å². The van der Waals surface area contributed by atoms with Gasteiger partial charge in [0.15, 0.2) is 5.82 Å². The first-order valence-corrected chi connectivity index (χ1v) is 8.12. The number of hydrogen-bond acceptors (Lipinski definition) is 7. The van der Waals surface area contributed by atoms with Crippen LogP contribution in [0.5, 0.6) is 0 Å². The number of nitrogens with two attached hydrogens (primary N) is 1. The van der Waals surface area contributed by atoms with Crippen LogP contribution in [-0.4, -0.2) is 24.7 Å². The van der Waals surface area contributed by atoms with Crippen molar-refractivity contribution in [2.45, 2.75) is 0 Å². The predicted molar refractivity (Wildman–Crippen MR) is 98.2 cm³/mol. The molecule has 4 aromatic rings. The lowest BCUT2D eigenvalue weighted by molar-refractivity contribution is 0.625. The summed E-state index contributed by atoms with van der Waals surface area (Å²) < 4.78 is 29.0. The summed E-state index contributed by atoms with van der Waals surface area (Å²) in [7, 11) is 0. The van der Waals surface area contributed by atoms with Crippen LogP contribution in [0.3, 0.4) is 0 Å². The zero-order valence-corrected chi connectivity index (χ0v) is 14.6. The fourth-order valence-corrected chi connectivity index (χ4v) is 2.93. The maximum absolute atomic E-state index is 14.3. The van der Waals surface area contributed by atoms with E-state index in [0.29, 0.717) is 11.2 Å². The standard InChI is InChI=1S/C17H9ClF2N8/c18-11-2-9(19)1-8(4-21)16(11)28-6-10-15(27-28)12(20)5-23-17(10)26-14-3-13(22)24-7-25-14/h1-3,5-7H,(H3,22,23,24,25,26). The van der Waals surface area contributed by atoms with E-state index in [4.69, 9.17) is 17.3 Å². The molecule has 0 aliphatic carbocycles. The van der Waals surface area contributed by atoms with E-state index >= 15 is 0 Å². The molecular weight excluding hydrogens is 390 g/mol. The van der Waals surface area contributed by atoms with Crippen molar-refractivity contribution in [3.8, 4) is 11.8 Å². The number of rotatable bonds is 3. The highest BCUT2D eigenvalue weighted by molar-refractivity contribution is 6.32. The molecule has 0 atom stereocenters. The quantitative estimate of drug-likeness (QED) is 0.543. The highest BCUT2D eigenvalue weighted by Gasteiger charge is 2.18. The van der Waals surface area contributed by atoms with E-state index in [9.17, 15) is 14.0 Å². The second kappa shape index (κ2) is 6.71. The summed E-state index contributed by atoms with van der Waals surface area (Å²) in [5, 5.41) is 16.6. The van der Waals surface area contributed by atoms with E-state index in [0.717, 1.165) is 18.3 Å². The van der Waals surface area contributed by atoms with Gasteiger partial charge in [-0.2, -0.15) is 10.4 Å². The van der Waals surface area contributed by atoms with Gasteiger partial charge in [0, 0.05) is 12.3 Å². The second-order valence-corrected chi connectivity index (χ2v) is 6.05. The summed E-state index contributed by atoms with van der Waals surface area (Å²) in [6.07, 6.45) is 3.68. The Labute approximate surface area is 161 Å². The minimum absolute atomic E-state index is 0.0243. The Morgan fingerprint density at radius 2 is 2.00 bits per heavy atom. The molecule has 0 amide bonds. The van der Waals surface area contributed by atoms with Gasteiger partial charge in [-0.3, -0.25) is 0 Å². The molecule has 138 valence electrons. The van der Waals surface area contributed by atoms with Crippen LogP contribution in [0.1, 0.15) is 5.56 Å². The topological polar surface area (TPSA) is 118 Å². The first-order valence-electron chi connectivity index (χ1n) is 7.74. The predicted octanol–water partition coefficient (Wildman–Crippen LogP) is 3.34. The molecule has 28 heavy (non-hydrogen) atoms. The Balaban J connectivity index is 1.88. The Kier molecular flexibility index (Phi) is 4.21. The smallest absolute Gasteiger partial charge is 0.169 e. The third kappa shape index (κ3) is 3.04. The number of nitriles is 1. The molecule has 8 nitrogen and oxygen atoms in total. The van der Waals surface area contributed by atoms with Crippen molar-refractivity contribution in [1.82, 2.24) is 24.7 Å². The first-order chi connectivity index (χ1) is 13.5. The van der Waals surface area contributed by atoms with Crippen LogP contribution in [0.2, 0.25) is 5.02 Å². The van der Waals surface area contributed by atoms with Gasteiger partial charge < -0.3 is 11.1 Å². The molecule has 0 saturated heterocycles. The fraction of sp³-hybridized carbons (Fsp3) is 0. The number of nitrogens with zero attached hydrogens (tertiary/aromatic N) is 6. The van der Waals surface area contributed by atoms with E-state index in [1.54, 1.807) is 0 Å². The second-order valence-electron chi connectivity index (χ2n) is 5.64. The fourth-order valence-electron chi connectivity index (χ4n) is 2.64. The van der Waals surface area contributed by atoms with Gasteiger partial charge in [-0.25, -0.2) is 28.4 Å². The van der Waals surface area contributed by atoms with Gasteiger partial charge in [0.25, 0.3) is 0 Å². The molecule has 0 bridgehead atoms. The zero-order valence-electron chi connectivity index (χ0n) is 13.9. The number of benzene rings is 1. The van der Waals surface area contributed by atoms with Crippen LogP contribution in [-0.2, 0) is 0 Å². The summed E-state index contributed by atoms with van der Waals surface area (Å²) >= 11 is 6.09. The van der Waals surface area contributed by atoms with Crippen LogP contribution >= 0.6 is 11.6 Å². The zero-order chi connectivity index (χ0) is 19.8. The lowest BCUT2D eigenvalue weighted by Gasteiger charge is -2.06. The van der Waals surface area contributed by atoms with Gasteiger partial charge in [-0.1, -0.05) is 11.6 Å². The molecule has 11 heteroatoms. The van der Waals surface area contributed by atoms with Gasteiger partial charge in [-0.05, 0) is 12.1 Å². The average molecular weight is 399 g/mol. The van der Waals surface area contributed by atoms with E-state index in [1.165, 1.54) is 23.3 Å². The molecule has 3 N–H and O–H groups in total. The third-order valence-electron chi connectivity index (χ3n) is 3.82. The molecule has 1 aromatic carbocycles. The minimum atomic E-state index is -0.682. The lowest BCUT2D eigenvalue weighted by Crippen LogP contribution is -2.00. The van der Waals surface area contributed by atoms with Gasteiger partial charge in [-0.15, -0.1) is 0 Å². The minimum Gasteiger partial charge on any atom is -0.384 e. The molecule has 4 rings (SSSR count). The molecule has 3 heterocycles. The van der Waals surface area contributed by atoms with Crippen molar-refractivity contribution >= 4 is 40.0 Å². The van der Waals surface area contributed by atoms with E-state index < -0.39 is 11.6 Å². The SMILES string of the molecule is N#Cc1cc(F)cc(Cl)c1-n1cc2c(Nc3cc(N)ncn3)ncc(F)c2n1. The first kappa shape index (κ1) is 17.6. The molecule has 0 radical (unpaired) electrons. The monoisotopic (exact) mass is 398 g/mol. The number of halogens is 3. The van der Waals surface area contributed by atoms with Gasteiger partial charge >= 0.3 is 0 Å². The number of aromatic nitrogens is 5. The summed E-state index contributed by atoms with van der Waals surface area (Å²) in [6, 6.07) is 5.39. The molecule has 0 unspecified atom stereocenters. The molecule has 0 aliphatic rings. The van der Waals surface area contributed by atoms with Crippen molar-refractivity contribution in [2.75, 3.05) is 11.1 Å². The maximum atomic E-state index is 14.3. The van der Waals surface area contributed by atoms with Gasteiger partial charge in [0.2, 0.25) is 0 Å². The number of nitrogen functional groups attached to an aromatic ring is 1. The molecule has 0 fully saturated rings. The summed E-state index contributed by atoms with van der Waals surface area (Å²) in [5.41, 5.74) is 5.67. The van der Waals surface area contributed by atoms with Crippen LogP contribution in [0.15, 0.2) is 36.9 Å². The Morgan fingerprint density at radius 1 is 1.18 bits per heavy atom. The summed E-state index contributed by atoms with van der Waals surface area (Å²) in [5.74, 6) is -0.518. The Bertz CT molecular complexity index is 1260. The van der Waals surface area contributed by atoms with Crippen molar-refractivity contribution in [2.24, 2.45) is 0 Å². The number of nitrogens with one attached hydrogen (secondary N) is 1. The maximum Gasteiger partial charge on any atom is 0.169 e. The number of pyridine rings is 1. The van der Waals surface area contributed by atoms with E-state index in [1.807, 2.05) is 6.07 Å². The van der Waals surface area contributed by atoms with Crippen molar-refractivity contribution in [3.63, 3.8) is 0 Å². The largest absolute Gasteiger partial charge is 0.384 e. The molecule has 0 saturated carbocycles. The van der Waals surface area contributed by atoms with Gasteiger partial charge in [0.05, 0.1) is 22.2 Å². The summed E-state index contributed by atoms with van der Waals surface area (Å²) in [4.78, 5) is 11.8. The average Bonchev–Trinajstić information content (AvgIpc) is 3.09. The van der Waals surface area contributed by atoms with E-state index in [2.05, 4.69) is 25.4 Å². The Morgan fingerprint density at radius 3 is 2.75 bits per heavy atom. The van der Waals surface area contributed by atoms with Crippen LogP contribution in [0, 0.1) is 23.0 Å². The number of hydrogen-bond donors (Lipinski definition) is 2. The molecular formula is C17H9ClF2N8. The van der Waals surface area contributed by atoms with Crippen LogP contribution in [0.4, 0.5) is 26.2 Å². The molecule has 0 aliphatic heterocycles. The van der Waals surface area contributed by atoms with E-state index in [-0.39, 0.29) is 33.4 Å². The highest BCUT2D eigenvalue weighted by Crippen LogP contribution is 2.30. The Hall–Kier alpha value is -3.84. The van der Waals surface area contributed by atoms with Gasteiger partial charge in [0.1, 0.15) is 46.9 Å². The van der Waals surface area contributed by atoms with Crippen LogP contribution < -0.4 is 11.1 Å². The normalized spacial score (nSPS) is 10.8. The lowest BCUT2D eigenvalue weighted by atomic mass is 10.2. The molecule has 3 aromatic heterocycles. The van der Waals surface area contributed by atoms with Crippen LogP contribution in [0.25, 0.3) is 16.6 Å². The van der Waals surface area contributed by atoms with Crippen molar-refractivity contribution in [1.29, 1.82) is 5.26 Å².